The Balaban J connectivity index is 1.66. The van der Waals surface area contributed by atoms with E-state index in [2.05, 4.69) is 24.0 Å². The molecule has 3 aliphatic rings. The smallest absolute Gasteiger partial charge is 0.0685 e. The molecule has 20 heavy (non-hydrogen) atoms. The fourth-order valence-electron chi connectivity index (χ4n) is 4.63. The van der Waals surface area contributed by atoms with Gasteiger partial charge in [0.1, 0.15) is 0 Å². The van der Waals surface area contributed by atoms with Crippen LogP contribution in [0.3, 0.4) is 0 Å². The van der Waals surface area contributed by atoms with Gasteiger partial charge in [-0.2, -0.15) is 11.8 Å². The molecule has 0 aromatic heterocycles. The lowest BCUT2D eigenvalue weighted by molar-refractivity contribution is -0.0979. The largest absolute Gasteiger partial charge is 0.375 e. The summed E-state index contributed by atoms with van der Waals surface area (Å²) in [6, 6.07) is 0.728. The Morgan fingerprint density at radius 3 is 2.75 bits per heavy atom. The van der Waals surface area contributed by atoms with Crippen LogP contribution in [0.2, 0.25) is 0 Å². The Kier molecular flexibility index (Phi) is 5.33. The lowest BCUT2D eigenvalue weighted by atomic mass is 9.79. The molecule has 3 fully saturated rings. The molecule has 0 aromatic carbocycles. The van der Waals surface area contributed by atoms with E-state index in [0.29, 0.717) is 0 Å². The SMILES string of the molecule is CCNC(C1CCOC2(CCCC2)C1)C1CCCCS1. The Morgan fingerprint density at radius 2 is 2.05 bits per heavy atom. The predicted octanol–water partition coefficient (Wildman–Crippen LogP) is 3.99. The third-order valence-corrected chi connectivity index (χ3v) is 7.09. The molecular weight excluding hydrogens is 266 g/mol. The summed E-state index contributed by atoms with van der Waals surface area (Å²) in [6.07, 6.45) is 12.3. The van der Waals surface area contributed by atoms with Gasteiger partial charge in [-0.3, -0.25) is 0 Å². The van der Waals surface area contributed by atoms with E-state index in [9.17, 15) is 0 Å². The van der Waals surface area contributed by atoms with Gasteiger partial charge in [-0.05, 0) is 56.7 Å². The minimum Gasteiger partial charge on any atom is -0.375 e. The van der Waals surface area contributed by atoms with Gasteiger partial charge in [0.2, 0.25) is 0 Å². The quantitative estimate of drug-likeness (QED) is 0.848. The highest BCUT2D eigenvalue weighted by atomic mass is 32.2. The summed E-state index contributed by atoms with van der Waals surface area (Å²) >= 11 is 2.23. The van der Waals surface area contributed by atoms with Crippen molar-refractivity contribution in [3.63, 3.8) is 0 Å². The number of hydrogen-bond acceptors (Lipinski definition) is 3. The van der Waals surface area contributed by atoms with E-state index in [1.807, 2.05) is 0 Å². The molecular formula is C17H31NOS. The standard InChI is InChI=1S/C17H31NOS/c1-2-18-16(15-7-3-6-12-20-15)14-8-11-19-17(13-14)9-4-5-10-17/h14-16,18H,2-13H2,1H3. The fraction of sp³-hybridized carbons (Fsp3) is 1.00. The molecule has 2 aliphatic heterocycles. The lowest BCUT2D eigenvalue weighted by Crippen LogP contribution is -2.50. The fourth-order valence-corrected chi connectivity index (χ4v) is 6.16. The third kappa shape index (κ3) is 3.36. The topological polar surface area (TPSA) is 21.3 Å². The zero-order chi connectivity index (χ0) is 13.8. The maximum Gasteiger partial charge on any atom is 0.0685 e. The van der Waals surface area contributed by atoms with Crippen molar-refractivity contribution >= 4 is 11.8 Å². The summed E-state index contributed by atoms with van der Waals surface area (Å²) < 4.78 is 6.24. The summed E-state index contributed by atoms with van der Waals surface area (Å²) in [4.78, 5) is 0. The molecule has 0 aromatic rings. The van der Waals surface area contributed by atoms with E-state index in [-0.39, 0.29) is 5.60 Å². The number of thioether (sulfide) groups is 1. The van der Waals surface area contributed by atoms with Gasteiger partial charge >= 0.3 is 0 Å². The van der Waals surface area contributed by atoms with Crippen molar-refractivity contribution in [1.29, 1.82) is 0 Å². The number of ether oxygens (including phenoxy) is 1. The lowest BCUT2D eigenvalue weighted by Gasteiger charge is -2.44. The molecule has 3 rings (SSSR count). The van der Waals surface area contributed by atoms with E-state index < -0.39 is 0 Å². The zero-order valence-electron chi connectivity index (χ0n) is 13.0. The molecule has 0 amide bonds. The predicted molar refractivity (Wildman–Crippen MR) is 87.4 cm³/mol. The van der Waals surface area contributed by atoms with Crippen LogP contribution in [-0.4, -0.2) is 35.8 Å². The number of nitrogens with one attached hydrogen (secondary N) is 1. The van der Waals surface area contributed by atoms with E-state index in [1.165, 1.54) is 63.5 Å². The van der Waals surface area contributed by atoms with Crippen LogP contribution in [-0.2, 0) is 4.74 Å². The zero-order valence-corrected chi connectivity index (χ0v) is 13.9. The van der Waals surface area contributed by atoms with Crippen LogP contribution in [0.4, 0.5) is 0 Å². The van der Waals surface area contributed by atoms with Gasteiger partial charge in [-0.15, -0.1) is 0 Å². The van der Waals surface area contributed by atoms with Crippen LogP contribution in [0.1, 0.15) is 64.7 Å². The summed E-state index contributed by atoms with van der Waals surface area (Å²) in [7, 11) is 0. The second-order valence-electron chi connectivity index (χ2n) is 6.98. The molecule has 1 spiro atoms. The van der Waals surface area contributed by atoms with Gasteiger partial charge in [-0.25, -0.2) is 0 Å². The van der Waals surface area contributed by atoms with Gasteiger partial charge in [0.15, 0.2) is 0 Å². The molecule has 3 unspecified atom stereocenters. The minimum absolute atomic E-state index is 0.274. The highest BCUT2D eigenvalue weighted by Gasteiger charge is 2.43. The van der Waals surface area contributed by atoms with Crippen LogP contribution >= 0.6 is 11.8 Å². The highest BCUT2D eigenvalue weighted by Crippen LogP contribution is 2.44. The van der Waals surface area contributed by atoms with Crippen LogP contribution in [0.5, 0.6) is 0 Å². The molecule has 1 aliphatic carbocycles. The maximum atomic E-state index is 6.24. The van der Waals surface area contributed by atoms with E-state index in [1.54, 1.807) is 0 Å². The van der Waals surface area contributed by atoms with Crippen molar-refractivity contribution in [2.75, 3.05) is 18.9 Å². The molecule has 1 saturated carbocycles. The normalized spacial score (nSPS) is 35.2. The van der Waals surface area contributed by atoms with E-state index in [0.717, 1.165) is 30.4 Å². The molecule has 2 saturated heterocycles. The van der Waals surface area contributed by atoms with Crippen molar-refractivity contribution < 1.29 is 4.74 Å². The Labute approximate surface area is 128 Å². The first-order chi connectivity index (χ1) is 9.83. The minimum atomic E-state index is 0.274. The van der Waals surface area contributed by atoms with Crippen molar-refractivity contribution in [3.05, 3.63) is 0 Å². The molecule has 3 heteroatoms. The van der Waals surface area contributed by atoms with Gasteiger partial charge < -0.3 is 10.1 Å². The van der Waals surface area contributed by atoms with Crippen LogP contribution in [0, 0.1) is 5.92 Å². The number of rotatable bonds is 4. The van der Waals surface area contributed by atoms with E-state index >= 15 is 0 Å². The van der Waals surface area contributed by atoms with Crippen LogP contribution in [0.15, 0.2) is 0 Å². The van der Waals surface area contributed by atoms with Gasteiger partial charge in [0.05, 0.1) is 5.60 Å². The molecule has 2 nitrogen and oxygen atoms in total. The van der Waals surface area contributed by atoms with Crippen LogP contribution in [0.25, 0.3) is 0 Å². The van der Waals surface area contributed by atoms with Crippen molar-refractivity contribution in [3.8, 4) is 0 Å². The first-order valence-corrected chi connectivity index (χ1v) is 9.87. The molecule has 2 heterocycles. The van der Waals surface area contributed by atoms with Crippen molar-refractivity contribution in [2.45, 2.75) is 81.6 Å². The van der Waals surface area contributed by atoms with Crippen molar-refractivity contribution in [1.82, 2.24) is 5.32 Å². The molecule has 116 valence electrons. The Morgan fingerprint density at radius 1 is 1.20 bits per heavy atom. The highest BCUT2D eigenvalue weighted by molar-refractivity contribution is 8.00. The molecule has 3 atom stereocenters. The third-order valence-electron chi connectivity index (χ3n) is 5.61. The first-order valence-electron chi connectivity index (χ1n) is 8.82. The summed E-state index contributed by atoms with van der Waals surface area (Å²) in [5, 5.41) is 4.70. The average Bonchev–Trinajstić information content (AvgIpc) is 2.93. The van der Waals surface area contributed by atoms with Crippen LogP contribution < -0.4 is 5.32 Å². The van der Waals surface area contributed by atoms with Crippen molar-refractivity contribution in [2.24, 2.45) is 5.92 Å². The average molecular weight is 298 g/mol. The summed E-state index contributed by atoms with van der Waals surface area (Å²) in [5.74, 6) is 2.22. The van der Waals surface area contributed by atoms with Gasteiger partial charge in [-0.1, -0.05) is 26.2 Å². The monoisotopic (exact) mass is 297 g/mol. The Hall–Kier alpha value is 0.270. The van der Waals surface area contributed by atoms with Gasteiger partial charge in [0.25, 0.3) is 0 Å². The number of hydrogen-bond donors (Lipinski definition) is 1. The summed E-state index contributed by atoms with van der Waals surface area (Å²) in [5.41, 5.74) is 0.274. The second-order valence-corrected chi connectivity index (χ2v) is 8.33. The summed E-state index contributed by atoms with van der Waals surface area (Å²) in [6.45, 7) is 4.39. The first kappa shape index (κ1) is 15.2. The molecule has 0 radical (unpaired) electrons. The second kappa shape index (κ2) is 7.02. The molecule has 0 bridgehead atoms. The molecule has 1 N–H and O–H groups in total. The maximum absolute atomic E-state index is 6.24. The van der Waals surface area contributed by atoms with E-state index in [4.69, 9.17) is 4.74 Å². The Bertz CT molecular complexity index is 297. The van der Waals surface area contributed by atoms with Gasteiger partial charge in [0, 0.05) is 17.9 Å².